The molecule has 122 valence electrons. The molecule has 1 amide bonds. The van der Waals surface area contributed by atoms with Crippen LogP contribution in [-0.4, -0.2) is 27.6 Å². The first kappa shape index (κ1) is 17.3. The molecule has 0 aromatic heterocycles. The van der Waals surface area contributed by atoms with Crippen molar-refractivity contribution in [3.05, 3.63) is 64.7 Å². The zero-order valence-corrected chi connectivity index (χ0v) is 14.4. The minimum atomic E-state index is -3.45. The van der Waals surface area contributed by atoms with Gasteiger partial charge >= 0.3 is 0 Å². The third-order valence-corrected chi connectivity index (χ3v) is 4.94. The number of nitrogens with one attached hydrogen (secondary N) is 1. The summed E-state index contributed by atoms with van der Waals surface area (Å²) in [4.78, 5) is 12.4. The standard InChI is InChI=1S/C16H17ClN2O3S/c1-19(23(2,21)22)15-10-6-4-8-13(15)16(20)18-11-12-7-3-5-9-14(12)17/h3-10H,11H2,1-2H3,(H,18,20). The molecule has 0 unspecified atom stereocenters. The Morgan fingerprint density at radius 2 is 1.74 bits per heavy atom. The zero-order valence-electron chi connectivity index (χ0n) is 12.8. The van der Waals surface area contributed by atoms with Gasteiger partial charge in [-0.1, -0.05) is 41.9 Å². The maximum absolute atomic E-state index is 12.4. The number of rotatable bonds is 5. The SMILES string of the molecule is CN(c1ccccc1C(=O)NCc1ccccc1Cl)S(C)(=O)=O. The first-order valence-electron chi connectivity index (χ1n) is 6.85. The predicted molar refractivity (Wildman–Crippen MR) is 92.3 cm³/mol. The third kappa shape index (κ3) is 4.24. The van der Waals surface area contributed by atoms with Crippen LogP contribution in [0.3, 0.4) is 0 Å². The van der Waals surface area contributed by atoms with Gasteiger partial charge in [-0.3, -0.25) is 9.10 Å². The number of anilines is 1. The molecule has 1 N–H and O–H groups in total. The highest BCUT2D eigenvalue weighted by Gasteiger charge is 2.19. The van der Waals surface area contributed by atoms with Gasteiger partial charge < -0.3 is 5.32 Å². The number of hydrogen-bond donors (Lipinski definition) is 1. The average molecular weight is 353 g/mol. The van der Waals surface area contributed by atoms with Gasteiger partial charge in [0, 0.05) is 18.6 Å². The van der Waals surface area contributed by atoms with Crippen LogP contribution in [0, 0.1) is 0 Å². The number of halogens is 1. The second-order valence-electron chi connectivity index (χ2n) is 5.02. The molecule has 0 aliphatic carbocycles. The third-order valence-electron chi connectivity index (χ3n) is 3.38. The minimum absolute atomic E-state index is 0.259. The summed E-state index contributed by atoms with van der Waals surface area (Å²) in [6, 6.07) is 13.7. The molecule has 0 heterocycles. The average Bonchev–Trinajstić information content (AvgIpc) is 2.52. The number of para-hydroxylation sites is 1. The number of amides is 1. The van der Waals surface area contributed by atoms with E-state index in [1.165, 1.54) is 7.05 Å². The fourth-order valence-electron chi connectivity index (χ4n) is 2.03. The Kier molecular flexibility index (Phi) is 5.28. The number of benzene rings is 2. The van der Waals surface area contributed by atoms with Gasteiger partial charge in [0.2, 0.25) is 10.0 Å². The van der Waals surface area contributed by atoms with Crippen molar-refractivity contribution in [1.82, 2.24) is 5.32 Å². The van der Waals surface area contributed by atoms with E-state index in [-0.39, 0.29) is 18.0 Å². The Morgan fingerprint density at radius 1 is 1.13 bits per heavy atom. The van der Waals surface area contributed by atoms with Crippen LogP contribution >= 0.6 is 11.6 Å². The van der Waals surface area contributed by atoms with Crippen LogP contribution in [0.5, 0.6) is 0 Å². The lowest BCUT2D eigenvalue weighted by molar-refractivity contribution is 0.0951. The van der Waals surface area contributed by atoms with Crippen molar-refractivity contribution in [2.45, 2.75) is 6.54 Å². The highest BCUT2D eigenvalue weighted by atomic mass is 35.5. The predicted octanol–water partition coefficient (Wildman–Crippen LogP) is 2.67. The molecule has 0 saturated heterocycles. The van der Waals surface area contributed by atoms with Gasteiger partial charge in [-0.05, 0) is 23.8 Å². The highest BCUT2D eigenvalue weighted by Crippen LogP contribution is 2.21. The lowest BCUT2D eigenvalue weighted by Crippen LogP contribution is -2.29. The molecule has 0 saturated carbocycles. The van der Waals surface area contributed by atoms with E-state index < -0.39 is 10.0 Å². The van der Waals surface area contributed by atoms with Crippen molar-refractivity contribution in [3.8, 4) is 0 Å². The Balaban J connectivity index is 2.22. The first-order chi connectivity index (χ1) is 10.8. The van der Waals surface area contributed by atoms with Crippen LogP contribution in [0.25, 0.3) is 0 Å². The summed E-state index contributed by atoms with van der Waals surface area (Å²) in [7, 11) is -2.04. The van der Waals surface area contributed by atoms with Crippen LogP contribution in [0.2, 0.25) is 5.02 Å². The van der Waals surface area contributed by atoms with Crippen LogP contribution < -0.4 is 9.62 Å². The Labute approximate surface area is 140 Å². The molecule has 0 aliphatic heterocycles. The van der Waals surface area contributed by atoms with Crippen molar-refractivity contribution in [2.75, 3.05) is 17.6 Å². The summed E-state index contributed by atoms with van der Waals surface area (Å²) < 4.78 is 24.5. The lowest BCUT2D eigenvalue weighted by atomic mass is 10.1. The van der Waals surface area contributed by atoms with Crippen LogP contribution in [-0.2, 0) is 16.6 Å². The van der Waals surface area contributed by atoms with Crippen molar-refractivity contribution in [1.29, 1.82) is 0 Å². The van der Waals surface area contributed by atoms with E-state index >= 15 is 0 Å². The number of carbonyl (C=O) groups is 1. The topological polar surface area (TPSA) is 66.5 Å². The second-order valence-corrected chi connectivity index (χ2v) is 7.44. The molecule has 0 aliphatic rings. The number of nitrogens with zero attached hydrogens (tertiary/aromatic N) is 1. The first-order valence-corrected chi connectivity index (χ1v) is 9.08. The maximum atomic E-state index is 12.4. The molecule has 7 heteroatoms. The van der Waals surface area contributed by atoms with Gasteiger partial charge in [-0.15, -0.1) is 0 Å². The summed E-state index contributed by atoms with van der Waals surface area (Å²) in [5.41, 5.74) is 1.40. The van der Waals surface area contributed by atoms with Crippen molar-refractivity contribution >= 4 is 33.2 Å². The minimum Gasteiger partial charge on any atom is -0.348 e. The van der Waals surface area contributed by atoms with E-state index in [0.29, 0.717) is 10.7 Å². The quantitative estimate of drug-likeness (QED) is 0.899. The van der Waals surface area contributed by atoms with Crippen LogP contribution in [0.15, 0.2) is 48.5 Å². The summed E-state index contributed by atoms with van der Waals surface area (Å²) >= 11 is 6.06. The summed E-state index contributed by atoms with van der Waals surface area (Å²) in [5, 5.41) is 3.32. The molecule has 5 nitrogen and oxygen atoms in total. The van der Waals surface area contributed by atoms with Gasteiger partial charge in [0.1, 0.15) is 0 Å². The molecule has 0 spiro atoms. The smallest absolute Gasteiger partial charge is 0.253 e. The van der Waals surface area contributed by atoms with Crippen LogP contribution in [0.1, 0.15) is 15.9 Å². The Morgan fingerprint density at radius 3 is 2.39 bits per heavy atom. The van der Waals surface area contributed by atoms with Crippen molar-refractivity contribution in [3.63, 3.8) is 0 Å². The summed E-state index contributed by atoms with van der Waals surface area (Å²) in [5.74, 6) is -0.365. The summed E-state index contributed by atoms with van der Waals surface area (Å²) in [6.45, 7) is 0.259. The fraction of sp³-hybridized carbons (Fsp3) is 0.188. The number of sulfonamides is 1. The fourth-order valence-corrected chi connectivity index (χ4v) is 2.75. The van der Waals surface area contributed by atoms with Gasteiger partial charge in [-0.2, -0.15) is 0 Å². The van der Waals surface area contributed by atoms with E-state index in [9.17, 15) is 13.2 Å². The van der Waals surface area contributed by atoms with Crippen molar-refractivity contribution < 1.29 is 13.2 Å². The Hall–Kier alpha value is -2.05. The van der Waals surface area contributed by atoms with Gasteiger partial charge in [-0.25, -0.2) is 8.42 Å². The van der Waals surface area contributed by atoms with Gasteiger partial charge in [0.25, 0.3) is 5.91 Å². The highest BCUT2D eigenvalue weighted by molar-refractivity contribution is 7.92. The van der Waals surface area contributed by atoms with E-state index in [0.717, 1.165) is 16.1 Å². The lowest BCUT2D eigenvalue weighted by Gasteiger charge is -2.19. The Bertz CT molecular complexity index is 822. The molecule has 2 aromatic carbocycles. The number of hydrogen-bond acceptors (Lipinski definition) is 3. The molecule has 0 bridgehead atoms. The normalized spacial score (nSPS) is 11.1. The molecular weight excluding hydrogens is 336 g/mol. The van der Waals surface area contributed by atoms with E-state index in [2.05, 4.69) is 5.32 Å². The van der Waals surface area contributed by atoms with Gasteiger partial charge in [0.15, 0.2) is 0 Å². The molecule has 0 radical (unpaired) electrons. The molecule has 0 fully saturated rings. The van der Waals surface area contributed by atoms with E-state index in [4.69, 9.17) is 11.6 Å². The van der Waals surface area contributed by atoms with Gasteiger partial charge in [0.05, 0.1) is 17.5 Å². The second kappa shape index (κ2) is 7.02. The van der Waals surface area contributed by atoms with Crippen molar-refractivity contribution in [2.24, 2.45) is 0 Å². The van der Waals surface area contributed by atoms with E-state index in [1.807, 2.05) is 18.2 Å². The molecule has 2 rings (SSSR count). The zero-order chi connectivity index (χ0) is 17.0. The largest absolute Gasteiger partial charge is 0.348 e. The van der Waals surface area contributed by atoms with E-state index in [1.54, 1.807) is 30.3 Å². The molecule has 2 aromatic rings. The molecular formula is C16H17ClN2O3S. The molecule has 23 heavy (non-hydrogen) atoms. The summed E-state index contributed by atoms with van der Waals surface area (Å²) in [6.07, 6.45) is 1.09. The molecule has 0 atom stereocenters. The monoisotopic (exact) mass is 352 g/mol. The maximum Gasteiger partial charge on any atom is 0.253 e. The number of carbonyl (C=O) groups excluding carboxylic acids is 1. The van der Waals surface area contributed by atoms with Crippen LogP contribution in [0.4, 0.5) is 5.69 Å².